The van der Waals surface area contributed by atoms with Crippen LogP contribution in [0.25, 0.3) is 0 Å². The lowest BCUT2D eigenvalue weighted by Gasteiger charge is -2.49. The molecule has 0 spiro atoms. The van der Waals surface area contributed by atoms with E-state index in [1.807, 2.05) is 0 Å². The molecule has 30 atom stereocenters. The Morgan fingerprint density at radius 2 is 0.562 bits per heavy atom. The molecular weight excluding hydrogens is 880 g/mol. The van der Waals surface area contributed by atoms with Crippen LogP contribution >= 0.6 is 0 Å². The first kappa shape index (κ1) is 47.9. The lowest BCUT2D eigenvalue weighted by atomic mass is 9.95. The van der Waals surface area contributed by atoms with Gasteiger partial charge in [-0.3, -0.25) is 0 Å². The molecule has 368 valence electrons. The maximum absolute atomic E-state index is 11.4. The molecular formula is C36H56O28. The zero-order chi connectivity index (χ0) is 45.5. The van der Waals surface area contributed by atoms with Gasteiger partial charge in [0.2, 0.25) is 0 Å². The van der Waals surface area contributed by atoms with Crippen molar-refractivity contribution in [2.24, 2.45) is 0 Å². The predicted octanol–water partition coefficient (Wildman–Crippen LogP) is -11.0. The van der Waals surface area contributed by atoms with E-state index in [2.05, 4.69) is 0 Å². The molecule has 28 nitrogen and oxygen atoms in total. The Kier molecular flexibility index (Phi) is 14.5. The van der Waals surface area contributed by atoms with Crippen LogP contribution in [0.4, 0.5) is 0 Å². The molecule has 24 aliphatic heterocycles. The van der Waals surface area contributed by atoms with Crippen LogP contribution in [0.15, 0.2) is 0 Å². The van der Waals surface area contributed by atoms with Crippen molar-refractivity contribution in [3.05, 3.63) is 0 Å². The van der Waals surface area contributed by atoms with Gasteiger partial charge in [-0.25, -0.2) is 0 Å². The van der Waals surface area contributed by atoms with E-state index < -0.39 is 217 Å². The van der Waals surface area contributed by atoms with Gasteiger partial charge in [-0.1, -0.05) is 0 Å². The maximum atomic E-state index is 11.4. The van der Waals surface area contributed by atoms with Crippen LogP contribution in [0.5, 0.6) is 0 Å². The first-order chi connectivity index (χ1) is 30.7. The number of aliphatic hydroxyl groups excluding tert-OH is 14. The number of epoxide rings is 1. The van der Waals surface area contributed by atoms with Gasteiger partial charge in [0.15, 0.2) is 37.7 Å². The topological polar surface area (TPSA) is 416 Å². The van der Waals surface area contributed by atoms with Crippen LogP contribution in [-0.4, -0.2) is 295 Å². The number of aliphatic hydroxyl groups is 14. The van der Waals surface area contributed by atoms with Crippen molar-refractivity contribution in [2.45, 2.75) is 184 Å². The Morgan fingerprint density at radius 1 is 0.250 bits per heavy atom. The maximum Gasteiger partial charge on any atom is 0.187 e. The fraction of sp³-hybridized carbons (Fsp3) is 1.00. The summed E-state index contributed by atoms with van der Waals surface area (Å²) in [6.45, 7) is -4.40. The normalized spacial score (nSPS) is 57.8. The lowest BCUT2D eigenvalue weighted by molar-refractivity contribution is -0.394. The quantitative estimate of drug-likeness (QED) is 0.114. The minimum absolute atomic E-state index is 0.142. The number of rotatable bonds is 5. The summed E-state index contributed by atoms with van der Waals surface area (Å²) in [5, 5.41) is 153. The first-order valence-electron chi connectivity index (χ1n) is 21.0. The lowest BCUT2D eigenvalue weighted by Crippen LogP contribution is -2.68. The van der Waals surface area contributed by atoms with Gasteiger partial charge in [0.05, 0.1) is 39.6 Å². The number of ether oxygens (including phenoxy) is 14. The minimum Gasteiger partial charge on any atom is -0.394 e. The standard InChI is InChI=1S/C36H56O28/c37-1-7-22-13(42)18(47)32(53-7)61-24-9(3-39)55-34(20(49)15(24)44)64-27-12-6-51-28(27)21(50)35(57-12)63-26-11(5-41)56-36(30-29(26)58-30)62-25-10(4-40)54-33(19(48)16(25)45)60-23-8(2-38)52-31(59-22)17(46)14(23)43/h7-50H,1-6H2/t7-,8-,9-,10-,11-,12-,13-,14-,15-,16-,17-,18-,19-,20-,21-,22-,23-,24-,25-,26-,27-,28-,29+,30+,31-,32-,33-,34-,35-,36-/m1/s1. The van der Waals surface area contributed by atoms with Crippen molar-refractivity contribution in [2.75, 3.05) is 39.6 Å². The molecule has 0 radical (unpaired) electrons. The van der Waals surface area contributed by atoms with Crippen LogP contribution in [0.1, 0.15) is 0 Å². The highest BCUT2D eigenvalue weighted by atomic mass is 16.8. The van der Waals surface area contributed by atoms with E-state index in [9.17, 15) is 71.5 Å². The molecule has 0 aromatic heterocycles. The Bertz CT molecular complexity index is 1550. The summed E-state index contributed by atoms with van der Waals surface area (Å²) >= 11 is 0. The highest BCUT2D eigenvalue weighted by Crippen LogP contribution is 2.44. The molecule has 28 heteroatoms. The van der Waals surface area contributed by atoms with Crippen LogP contribution in [-0.2, 0) is 66.3 Å². The van der Waals surface area contributed by atoms with E-state index >= 15 is 0 Å². The van der Waals surface area contributed by atoms with Gasteiger partial charge in [0.25, 0.3) is 0 Å². The molecule has 24 fully saturated rings. The Labute approximate surface area is 361 Å². The molecule has 0 aliphatic carbocycles. The number of hydrogen-bond donors (Lipinski definition) is 14. The largest absolute Gasteiger partial charge is 0.394 e. The van der Waals surface area contributed by atoms with E-state index in [0.29, 0.717) is 0 Å². The van der Waals surface area contributed by atoms with E-state index in [1.165, 1.54) is 0 Å². The molecule has 14 N–H and O–H groups in total. The molecule has 24 saturated heterocycles. The van der Waals surface area contributed by atoms with Gasteiger partial charge >= 0.3 is 0 Å². The van der Waals surface area contributed by atoms with Gasteiger partial charge in [0, 0.05) is 0 Å². The summed E-state index contributed by atoms with van der Waals surface area (Å²) in [4.78, 5) is 0. The Balaban J connectivity index is 0.989. The molecule has 0 amide bonds. The summed E-state index contributed by atoms with van der Waals surface area (Å²) in [5.41, 5.74) is 0. The molecule has 0 aromatic carbocycles. The Hall–Kier alpha value is -1.12. The second-order valence-electron chi connectivity index (χ2n) is 17.1. The molecule has 24 rings (SSSR count). The molecule has 64 heavy (non-hydrogen) atoms. The zero-order valence-electron chi connectivity index (χ0n) is 33.5. The van der Waals surface area contributed by atoms with E-state index in [4.69, 9.17) is 66.3 Å². The molecule has 0 saturated carbocycles. The third-order valence-corrected chi connectivity index (χ3v) is 13.1. The van der Waals surface area contributed by atoms with Crippen molar-refractivity contribution in [1.82, 2.24) is 0 Å². The third kappa shape index (κ3) is 8.54. The smallest absolute Gasteiger partial charge is 0.187 e. The monoisotopic (exact) mass is 936 g/mol. The van der Waals surface area contributed by atoms with Crippen LogP contribution in [0.2, 0.25) is 0 Å². The average molecular weight is 937 g/mol. The number of hydrogen-bond acceptors (Lipinski definition) is 28. The SMILES string of the molecule is OC[C@H]1O[C@@H]2O[C@H]3[C@H](O)[C@@H](O)[C@@H](O[C@H]4[C@@H]5OC[C@H]4O[C@H](O[C@H]4[C@@H]6O[C@@H]6[C@@H](O[C@H]6[C@H](O)[C@@H](O)[C@@H](O[C@H]7[C@H](O)[C@@H](O)[C@@H](O[C@H]1[C@H](O)[C@H]2O)O[C@@H]7CO)O[C@@H]6CO)O[C@@H]4CO)[C@@H]5O)O[C@@H]3CO. The minimum atomic E-state index is -2.08. The summed E-state index contributed by atoms with van der Waals surface area (Å²) in [6, 6.07) is 0. The highest BCUT2D eigenvalue weighted by Gasteiger charge is 2.64. The second kappa shape index (κ2) is 19.3. The van der Waals surface area contributed by atoms with Crippen molar-refractivity contribution in [3.8, 4) is 0 Å². The van der Waals surface area contributed by atoms with Gasteiger partial charge in [0.1, 0.15) is 146 Å². The van der Waals surface area contributed by atoms with Gasteiger partial charge in [-0.15, -0.1) is 0 Å². The van der Waals surface area contributed by atoms with E-state index in [0.717, 1.165) is 0 Å². The highest BCUT2D eigenvalue weighted by molar-refractivity contribution is 5.05. The molecule has 24 heterocycles. The summed E-state index contributed by atoms with van der Waals surface area (Å²) in [7, 11) is 0. The molecule has 0 unspecified atom stereocenters. The fourth-order valence-corrected chi connectivity index (χ4v) is 9.54. The van der Waals surface area contributed by atoms with Gasteiger partial charge in [-0.2, -0.15) is 0 Å². The average Bonchev–Trinajstić information content (AvgIpc) is 4.04. The third-order valence-electron chi connectivity index (χ3n) is 13.1. The summed E-state index contributed by atoms with van der Waals surface area (Å²) in [5.74, 6) is 0. The van der Waals surface area contributed by atoms with Crippen LogP contribution in [0.3, 0.4) is 0 Å². The summed E-state index contributed by atoms with van der Waals surface area (Å²) in [6.07, 6.45) is -48.0. The van der Waals surface area contributed by atoms with Crippen molar-refractivity contribution < 1.29 is 138 Å². The van der Waals surface area contributed by atoms with E-state index in [1.54, 1.807) is 0 Å². The van der Waals surface area contributed by atoms with Crippen molar-refractivity contribution in [1.29, 1.82) is 0 Å². The van der Waals surface area contributed by atoms with Crippen molar-refractivity contribution in [3.63, 3.8) is 0 Å². The van der Waals surface area contributed by atoms with Crippen molar-refractivity contribution >= 4 is 0 Å². The summed E-state index contributed by atoms with van der Waals surface area (Å²) < 4.78 is 81.7. The first-order valence-corrected chi connectivity index (χ1v) is 21.0. The molecule has 24 aliphatic rings. The van der Waals surface area contributed by atoms with Crippen LogP contribution < -0.4 is 0 Å². The Morgan fingerprint density at radius 3 is 0.953 bits per heavy atom. The van der Waals surface area contributed by atoms with Gasteiger partial charge < -0.3 is 138 Å². The molecule has 14 bridgehead atoms. The van der Waals surface area contributed by atoms with Crippen LogP contribution in [0, 0.1) is 0 Å². The van der Waals surface area contributed by atoms with E-state index in [-0.39, 0.29) is 6.61 Å². The predicted molar refractivity (Wildman–Crippen MR) is 189 cm³/mol. The second-order valence-corrected chi connectivity index (χ2v) is 17.1. The zero-order valence-corrected chi connectivity index (χ0v) is 33.5. The molecule has 0 aromatic rings. The fourth-order valence-electron chi connectivity index (χ4n) is 9.54. The van der Waals surface area contributed by atoms with Gasteiger partial charge in [-0.05, 0) is 0 Å².